The first-order valence-corrected chi connectivity index (χ1v) is 6.66. The largest absolute Gasteiger partial charge is 0.460 e. The average molecular weight is 300 g/mol. The van der Waals surface area contributed by atoms with E-state index in [0.29, 0.717) is 11.4 Å². The molecule has 1 unspecified atom stereocenters. The molecule has 1 heterocycles. The van der Waals surface area contributed by atoms with Gasteiger partial charge in [-0.2, -0.15) is 0 Å². The molecular weight excluding hydrogens is 287 g/mol. The van der Waals surface area contributed by atoms with Gasteiger partial charge in [-0.3, -0.25) is 9.69 Å². The predicted molar refractivity (Wildman–Crippen MR) is 77.9 cm³/mol. The first-order valence-electron chi connectivity index (χ1n) is 6.66. The summed E-state index contributed by atoms with van der Waals surface area (Å²) in [5.74, 6) is -0.426. The van der Waals surface area contributed by atoms with Gasteiger partial charge in [0.2, 0.25) is 0 Å². The second kappa shape index (κ2) is 5.48. The number of benzene rings is 2. The van der Waals surface area contributed by atoms with Crippen LogP contribution in [0, 0.1) is 5.82 Å². The van der Waals surface area contributed by atoms with E-state index in [9.17, 15) is 14.0 Å². The van der Waals surface area contributed by atoms with Crippen LogP contribution in [0.15, 0.2) is 54.6 Å². The van der Waals surface area contributed by atoms with Gasteiger partial charge >= 0.3 is 6.03 Å². The monoisotopic (exact) mass is 300 g/mol. The van der Waals surface area contributed by atoms with Crippen LogP contribution in [0.2, 0.25) is 0 Å². The highest BCUT2D eigenvalue weighted by atomic mass is 19.1. The number of para-hydroxylation sites is 1. The normalized spacial score (nSPS) is 18.0. The number of urea groups is 1. The maximum atomic E-state index is 13.1. The lowest BCUT2D eigenvalue weighted by Gasteiger charge is -2.22. The van der Waals surface area contributed by atoms with Crippen LogP contribution in [0.1, 0.15) is 0 Å². The minimum Gasteiger partial charge on any atom is -0.460 e. The van der Waals surface area contributed by atoms with Gasteiger partial charge in [0.1, 0.15) is 11.6 Å². The van der Waals surface area contributed by atoms with Crippen molar-refractivity contribution in [3.05, 3.63) is 60.4 Å². The van der Waals surface area contributed by atoms with E-state index in [1.165, 1.54) is 36.2 Å². The Morgan fingerprint density at radius 2 is 1.64 bits per heavy atom. The third-order valence-corrected chi connectivity index (χ3v) is 3.37. The minimum absolute atomic E-state index is 0.394. The maximum Gasteiger partial charge on any atom is 0.334 e. The summed E-state index contributed by atoms with van der Waals surface area (Å²) >= 11 is 0. The molecule has 6 heteroatoms. The van der Waals surface area contributed by atoms with E-state index in [4.69, 9.17) is 4.74 Å². The number of carbonyl (C=O) groups excluding carboxylic acids is 2. The Kier molecular flexibility index (Phi) is 3.50. The van der Waals surface area contributed by atoms with E-state index in [-0.39, 0.29) is 0 Å². The minimum atomic E-state index is -1.11. The molecule has 1 aliphatic rings. The number of halogens is 1. The fourth-order valence-electron chi connectivity index (χ4n) is 2.21. The lowest BCUT2D eigenvalue weighted by atomic mass is 10.3. The SMILES string of the molecule is CN1C(=O)C(Oc2ccccc2)N(c2ccc(F)cc2)C1=O. The molecule has 1 fully saturated rings. The van der Waals surface area contributed by atoms with Crippen LogP contribution >= 0.6 is 0 Å². The van der Waals surface area contributed by atoms with Crippen LogP contribution in [0.4, 0.5) is 14.9 Å². The van der Waals surface area contributed by atoms with E-state index in [2.05, 4.69) is 0 Å². The number of anilines is 1. The fourth-order valence-corrected chi connectivity index (χ4v) is 2.21. The number of rotatable bonds is 3. The molecule has 2 aromatic rings. The van der Waals surface area contributed by atoms with Crippen LogP contribution in [-0.2, 0) is 4.79 Å². The van der Waals surface area contributed by atoms with E-state index < -0.39 is 24.0 Å². The lowest BCUT2D eigenvalue weighted by molar-refractivity contribution is -0.131. The van der Waals surface area contributed by atoms with Gasteiger partial charge in [0.15, 0.2) is 0 Å². The number of amides is 3. The van der Waals surface area contributed by atoms with E-state index in [1.54, 1.807) is 24.3 Å². The molecule has 112 valence electrons. The number of hydrogen-bond donors (Lipinski definition) is 0. The van der Waals surface area contributed by atoms with Crippen LogP contribution < -0.4 is 9.64 Å². The van der Waals surface area contributed by atoms with E-state index in [0.717, 1.165) is 4.90 Å². The molecule has 1 atom stereocenters. The van der Waals surface area contributed by atoms with Crippen molar-refractivity contribution in [3.8, 4) is 5.75 Å². The van der Waals surface area contributed by atoms with E-state index >= 15 is 0 Å². The first-order chi connectivity index (χ1) is 10.6. The molecule has 0 radical (unpaired) electrons. The molecular formula is C16H13FN2O3. The van der Waals surface area contributed by atoms with Gasteiger partial charge in [-0.15, -0.1) is 0 Å². The van der Waals surface area contributed by atoms with Crippen molar-refractivity contribution < 1.29 is 18.7 Å². The molecule has 0 bridgehead atoms. The summed E-state index contributed by atoms with van der Waals surface area (Å²) in [6.07, 6.45) is -1.11. The Morgan fingerprint density at radius 3 is 2.27 bits per heavy atom. The average Bonchev–Trinajstić information content (AvgIpc) is 2.74. The first kappa shape index (κ1) is 14.1. The van der Waals surface area contributed by atoms with Crippen LogP contribution in [0.5, 0.6) is 5.75 Å². The summed E-state index contributed by atoms with van der Waals surface area (Å²) in [7, 11) is 1.38. The molecule has 2 aromatic carbocycles. The van der Waals surface area contributed by atoms with Gasteiger partial charge in [-0.1, -0.05) is 18.2 Å². The summed E-state index contributed by atoms with van der Waals surface area (Å²) in [5.41, 5.74) is 0.394. The van der Waals surface area contributed by atoms with Gasteiger partial charge in [-0.05, 0) is 36.4 Å². The van der Waals surface area contributed by atoms with Crippen molar-refractivity contribution in [3.63, 3.8) is 0 Å². The number of carbonyl (C=O) groups is 2. The maximum absolute atomic E-state index is 13.1. The summed E-state index contributed by atoms with van der Waals surface area (Å²) in [6, 6.07) is 13.5. The van der Waals surface area contributed by atoms with Gasteiger partial charge in [0, 0.05) is 12.7 Å². The Hall–Kier alpha value is -2.89. The van der Waals surface area contributed by atoms with E-state index in [1.807, 2.05) is 6.07 Å². The van der Waals surface area contributed by atoms with Crippen molar-refractivity contribution in [1.82, 2.24) is 4.90 Å². The summed E-state index contributed by atoms with van der Waals surface area (Å²) in [6.45, 7) is 0. The standard InChI is InChI=1S/C16H13FN2O3/c1-18-14(20)15(22-13-5-3-2-4-6-13)19(16(18)21)12-9-7-11(17)8-10-12/h2-10,15H,1H3. The van der Waals surface area contributed by atoms with Crippen molar-refractivity contribution in [2.75, 3.05) is 11.9 Å². The van der Waals surface area contributed by atoms with Crippen LogP contribution in [-0.4, -0.2) is 30.1 Å². The molecule has 1 saturated heterocycles. The molecule has 22 heavy (non-hydrogen) atoms. The topological polar surface area (TPSA) is 49.9 Å². The Bertz CT molecular complexity index is 703. The third kappa shape index (κ3) is 2.39. The Morgan fingerprint density at radius 1 is 1.00 bits per heavy atom. The molecule has 0 spiro atoms. The molecule has 5 nitrogen and oxygen atoms in total. The number of ether oxygens (including phenoxy) is 1. The Labute approximate surface area is 126 Å². The zero-order chi connectivity index (χ0) is 15.7. The highest BCUT2D eigenvalue weighted by Crippen LogP contribution is 2.27. The summed E-state index contributed by atoms with van der Waals surface area (Å²) in [5, 5.41) is 0. The summed E-state index contributed by atoms with van der Waals surface area (Å²) < 4.78 is 18.7. The van der Waals surface area contributed by atoms with Crippen molar-refractivity contribution in [2.24, 2.45) is 0 Å². The second-order valence-corrected chi connectivity index (χ2v) is 4.81. The van der Waals surface area contributed by atoms with Gasteiger partial charge < -0.3 is 4.74 Å². The van der Waals surface area contributed by atoms with Crippen LogP contribution in [0.25, 0.3) is 0 Å². The molecule has 1 aliphatic heterocycles. The number of hydrogen-bond acceptors (Lipinski definition) is 3. The molecule has 0 saturated carbocycles. The predicted octanol–water partition coefficient (Wildman–Crippen LogP) is 2.63. The molecule has 0 aromatic heterocycles. The van der Waals surface area contributed by atoms with Gasteiger partial charge in [-0.25, -0.2) is 14.1 Å². The molecule has 0 aliphatic carbocycles. The fraction of sp³-hybridized carbons (Fsp3) is 0.125. The Balaban J connectivity index is 1.95. The van der Waals surface area contributed by atoms with Crippen molar-refractivity contribution in [1.29, 1.82) is 0 Å². The quantitative estimate of drug-likeness (QED) is 0.819. The molecule has 3 amide bonds. The number of nitrogens with zero attached hydrogens (tertiary/aromatic N) is 2. The second-order valence-electron chi connectivity index (χ2n) is 4.81. The molecule has 3 rings (SSSR count). The highest BCUT2D eigenvalue weighted by molar-refractivity contribution is 6.13. The van der Waals surface area contributed by atoms with Crippen molar-refractivity contribution >= 4 is 17.6 Å². The van der Waals surface area contributed by atoms with Gasteiger partial charge in [0.05, 0.1) is 0 Å². The smallest absolute Gasteiger partial charge is 0.334 e. The summed E-state index contributed by atoms with van der Waals surface area (Å²) in [4.78, 5) is 26.7. The third-order valence-electron chi connectivity index (χ3n) is 3.37. The lowest BCUT2D eigenvalue weighted by Crippen LogP contribution is -2.39. The van der Waals surface area contributed by atoms with Gasteiger partial charge in [0.25, 0.3) is 12.1 Å². The number of imide groups is 1. The molecule has 0 N–H and O–H groups in total. The zero-order valence-corrected chi connectivity index (χ0v) is 11.8. The zero-order valence-electron chi connectivity index (χ0n) is 11.8. The number of likely N-dealkylation sites (N-methyl/N-ethyl adjacent to an activating group) is 1. The van der Waals surface area contributed by atoms with Crippen LogP contribution in [0.3, 0.4) is 0 Å². The highest BCUT2D eigenvalue weighted by Gasteiger charge is 2.45. The van der Waals surface area contributed by atoms with Crippen molar-refractivity contribution in [2.45, 2.75) is 6.23 Å².